The molecule has 0 bridgehead atoms. The van der Waals surface area contributed by atoms with Gasteiger partial charge in [-0.2, -0.15) is 0 Å². The molecule has 0 aliphatic rings. The Labute approximate surface area is 91.5 Å². The zero-order valence-corrected chi connectivity index (χ0v) is 10.0. The van der Waals surface area contributed by atoms with Crippen molar-refractivity contribution in [3.05, 3.63) is 29.3 Å². The highest BCUT2D eigenvalue weighted by atomic mass is 16.5. The molecule has 1 N–H and O–H groups in total. The van der Waals surface area contributed by atoms with Crippen LogP contribution in [0.25, 0.3) is 0 Å². The first-order valence-corrected chi connectivity index (χ1v) is 5.05. The van der Waals surface area contributed by atoms with Crippen molar-refractivity contribution in [2.75, 3.05) is 19.5 Å². The summed E-state index contributed by atoms with van der Waals surface area (Å²) in [7, 11) is 3.23. The molecule has 0 aliphatic carbocycles. The third-order valence-electron chi connectivity index (χ3n) is 1.92. The highest BCUT2D eigenvalue weighted by Crippen LogP contribution is 2.15. The van der Waals surface area contributed by atoms with Crippen LogP contribution in [0.15, 0.2) is 18.2 Å². The van der Waals surface area contributed by atoms with Gasteiger partial charge in [0.05, 0.1) is 12.7 Å². The van der Waals surface area contributed by atoms with Crippen molar-refractivity contribution in [1.82, 2.24) is 0 Å². The summed E-state index contributed by atoms with van der Waals surface area (Å²) in [5.74, 6) is -0.300. The fraction of sp³-hybridized carbons (Fsp3) is 0.417. The molecular weight excluding hydrogens is 190 g/mol. The van der Waals surface area contributed by atoms with Gasteiger partial charge in [0.15, 0.2) is 0 Å². The van der Waals surface area contributed by atoms with Crippen LogP contribution in [0.1, 0.15) is 29.8 Å². The fourth-order valence-electron chi connectivity index (χ4n) is 1.19. The number of hydrogen-bond donors (Lipinski definition) is 1. The molecular formula is C12H19NO2. The summed E-state index contributed by atoms with van der Waals surface area (Å²) in [6.07, 6.45) is 0. The zero-order valence-electron chi connectivity index (χ0n) is 10.0. The average Bonchev–Trinajstić information content (AvgIpc) is 2.30. The van der Waals surface area contributed by atoms with Gasteiger partial charge in [0.25, 0.3) is 0 Å². The molecule has 0 amide bonds. The number of carbonyl (C=O) groups excluding carboxylic acids is 1. The largest absolute Gasteiger partial charge is 0.465 e. The molecule has 0 atom stereocenters. The predicted octanol–water partition coefficient (Wildman–Crippen LogP) is 2.85. The standard InChI is InChI=1S/C10H13NO2.C2H6/c1-7-6-8(10(12)13-3)4-5-9(7)11-2;1-2/h4-6,11H,1-3H3;1-2H3. The summed E-state index contributed by atoms with van der Waals surface area (Å²) in [5.41, 5.74) is 2.64. The van der Waals surface area contributed by atoms with Crippen molar-refractivity contribution in [3.63, 3.8) is 0 Å². The van der Waals surface area contributed by atoms with E-state index < -0.39 is 0 Å². The molecule has 0 saturated heterocycles. The SMILES string of the molecule is CC.CNc1ccc(C(=O)OC)cc1C. The minimum atomic E-state index is -0.300. The summed E-state index contributed by atoms with van der Waals surface area (Å²) in [6, 6.07) is 5.41. The monoisotopic (exact) mass is 209 g/mol. The maximum Gasteiger partial charge on any atom is 0.337 e. The summed E-state index contributed by atoms with van der Waals surface area (Å²) in [4.78, 5) is 11.1. The number of methoxy groups -OCH3 is 1. The van der Waals surface area contributed by atoms with E-state index in [0.717, 1.165) is 11.3 Å². The molecule has 0 aliphatic heterocycles. The predicted molar refractivity (Wildman–Crippen MR) is 63.4 cm³/mol. The quantitative estimate of drug-likeness (QED) is 0.761. The van der Waals surface area contributed by atoms with Crippen LogP contribution in [0.5, 0.6) is 0 Å². The van der Waals surface area contributed by atoms with Gasteiger partial charge < -0.3 is 10.1 Å². The fourth-order valence-corrected chi connectivity index (χ4v) is 1.19. The van der Waals surface area contributed by atoms with E-state index in [-0.39, 0.29) is 5.97 Å². The van der Waals surface area contributed by atoms with E-state index in [0.29, 0.717) is 5.56 Å². The molecule has 1 aromatic carbocycles. The minimum Gasteiger partial charge on any atom is -0.465 e. The highest BCUT2D eigenvalue weighted by molar-refractivity contribution is 5.90. The third-order valence-corrected chi connectivity index (χ3v) is 1.92. The van der Waals surface area contributed by atoms with Crippen molar-refractivity contribution >= 4 is 11.7 Å². The number of nitrogens with one attached hydrogen (secondary N) is 1. The lowest BCUT2D eigenvalue weighted by Gasteiger charge is -2.06. The number of ether oxygens (including phenoxy) is 1. The van der Waals surface area contributed by atoms with Crippen LogP contribution in [0.3, 0.4) is 0 Å². The first-order chi connectivity index (χ1) is 7.19. The second-order valence-corrected chi connectivity index (χ2v) is 2.77. The molecule has 0 saturated carbocycles. The number of rotatable bonds is 2. The number of hydrogen-bond acceptors (Lipinski definition) is 3. The Balaban J connectivity index is 0.000000921. The second kappa shape index (κ2) is 6.87. The molecule has 3 heteroatoms. The van der Waals surface area contributed by atoms with Crippen molar-refractivity contribution in [2.45, 2.75) is 20.8 Å². The van der Waals surface area contributed by atoms with Gasteiger partial charge in [-0.1, -0.05) is 13.8 Å². The molecule has 1 aromatic rings. The van der Waals surface area contributed by atoms with E-state index in [9.17, 15) is 4.79 Å². The smallest absolute Gasteiger partial charge is 0.337 e. The molecule has 0 heterocycles. The van der Waals surface area contributed by atoms with Crippen molar-refractivity contribution in [2.24, 2.45) is 0 Å². The molecule has 3 nitrogen and oxygen atoms in total. The Morgan fingerprint density at radius 1 is 1.33 bits per heavy atom. The molecule has 0 unspecified atom stereocenters. The number of benzene rings is 1. The Bertz CT molecular complexity index is 321. The Hall–Kier alpha value is -1.51. The number of anilines is 1. The minimum absolute atomic E-state index is 0.300. The molecule has 1 rings (SSSR count). The van der Waals surface area contributed by atoms with E-state index >= 15 is 0 Å². The van der Waals surface area contributed by atoms with Gasteiger partial charge in [0, 0.05) is 12.7 Å². The van der Waals surface area contributed by atoms with E-state index in [1.54, 1.807) is 12.1 Å². The van der Waals surface area contributed by atoms with Gasteiger partial charge in [-0.05, 0) is 30.7 Å². The Kier molecular flexibility index (Phi) is 6.18. The first kappa shape index (κ1) is 13.5. The van der Waals surface area contributed by atoms with Crippen LogP contribution in [0.2, 0.25) is 0 Å². The molecule has 0 fully saturated rings. The lowest BCUT2D eigenvalue weighted by Crippen LogP contribution is -2.02. The van der Waals surface area contributed by atoms with Crippen molar-refractivity contribution in [1.29, 1.82) is 0 Å². The van der Waals surface area contributed by atoms with Gasteiger partial charge in [-0.3, -0.25) is 0 Å². The molecule has 0 spiro atoms. The van der Waals surface area contributed by atoms with E-state index in [4.69, 9.17) is 0 Å². The van der Waals surface area contributed by atoms with Crippen LogP contribution < -0.4 is 5.32 Å². The van der Waals surface area contributed by atoms with Gasteiger partial charge in [-0.15, -0.1) is 0 Å². The topological polar surface area (TPSA) is 38.3 Å². The normalized spacial score (nSPS) is 8.60. The van der Waals surface area contributed by atoms with E-state index in [1.807, 2.05) is 33.9 Å². The lowest BCUT2D eigenvalue weighted by molar-refractivity contribution is 0.0600. The Morgan fingerprint density at radius 2 is 1.93 bits per heavy atom. The number of esters is 1. The van der Waals surface area contributed by atoms with Crippen LogP contribution in [0, 0.1) is 6.92 Å². The molecule has 0 radical (unpaired) electrons. The van der Waals surface area contributed by atoms with Gasteiger partial charge >= 0.3 is 5.97 Å². The maximum absolute atomic E-state index is 11.1. The van der Waals surface area contributed by atoms with Crippen molar-refractivity contribution in [3.8, 4) is 0 Å². The van der Waals surface area contributed by atoms with Crippen LogP contribution in [0.4, 0.5) is 5.69 Å². The second-order valence-electron chi connectivity index (χ2n) is 2.77. The molecule has 84 valence electrons. The van der Waals surface area contributed by atoms with Crippen LogP contribution in [-0.4, -0.2) is 20.1 Å². The van der Waals surface area contributed by atoms with Gasteiger partial charge in [0.2, 0.25) is 0 Å². The van der Waals surface area contributed by atoms with E-state index in [2.05, 4.69) is 10.1 Å². The van der Waals surface area contributed by atoms with E-state index in [1.165, 1.54) is 7.11 Å². The zero-order chi connectivity index (χ0) is 11.8. The number of carbonyl (C=O) groups is 1. The third kappa shape index (κ3) is 3.62. The maximum atomic E-state index is 11.1. The first-order valence-electron chi connectivity index (χ1n) is 5.05. The number of aryl methyl sites for hydroxylation is 1. The summed E-state index contributed by atoms with van der Waals surface area (Å²) in [5, 5.41) is 3.03. The summed E-state index contributed by atoms with van der Waals surface area (Å²) >= 11 is 0. The van der Waals surface area contributed by atoms with Crippen LogP contribution in [-0.2, 0) is 4.74 Å². The summed E-state index contributed by atoms with van der Waals surface area (Å²) in [6.45, 7) is 5.94. The Morgan fingerprint density at radius 3 is 2.33 bits per heavy atom. The van der Waals surface area contributed by atoms with Gasteiger partial charge in [-0.25, -0.2) is 4.79 Å². The van der Waals surface area contributed by atoms with Crippen molar-refractivity contribution < 1.29 is 9.53 Å². The molecule has 0 aromatic heterocycles. The van der Waals surface area contributed by atoms with Gasteiger partial charge in [0.1, 0.15) is 0 Å². The lowest BCUT2D eigenvalue weighted by atomic mass is 10.1. The highest BCUT2D eigenvalue weighted by Gasteiger charge is 2.05. The summed E-state index contributed by atoms with van der Waals surface area (Å²) < 4.78 is 4.61. The average molecular weight is 209 g/mol. The molecule has 15 heavy (non-hydrogen) atoms. The van der Waals surface area contributed by atoms with Crippen LogP contribution >= 0.6 is 0 Å².